The Hall–Kier alpha value is -2.67. The van der Waals surface area contributed by atoms with Gasteiger partial charge in [-0.25, -0.2) is 8.42 Å². The highest BCUT2D eigenvalue weighted by atomic mass is 32.2. The van der Waals surface area contributed by atoms with Crippen molar-refractivity contribution in [1.82, 2.24) is 4.90 Å². The van der Waals surface area contributed by atoms with Gasteiger partial charge in [0.2, 0.25) is 10.0 Å². The fraction of sp³-hybridized carbons (Fsp3) is 0.125. The Morgan fingerprint density at radius 3 is 2.35 bits per heavy atom. The highest BCUT2D eigenvalue weighted by Crippen LogP contribution is 2.29. The summed E-state index contributed by atoms with van der Waals surface area (Å²) in [4.78, 5) is 25.1. The molecule has 2 aromatic rings. The van der Waals surface area contributed by atoms with Crippen LogP contribution in [-0.2, 0) is 15.8 Å². The van der Waals surface area contributed by atoms with E-state index >= 15 is 0 Å². The molecule has 0 aromatic heterocycles. The Balaban J connectivity index is 1.93. The lowest BCUT2D eigenvalue weighted by atomic mass is 10.1. The second-order valence-electron chi connectivity index (χ2n) is 5.24. The standard InChI is InChI=1S/C16H14N2O4S/c1-18-15(19)12-8-5-9-13(14(12)16(18)20)17-23(21,22)10-11-6-3-2-4-7-11/h2-9,17H,10H2,1H3. The molecular weight excluding hydrogens is 316 g/mol. The van der Waals surface area contributed by atoms with E-state index in [1.807, 2.05) is 0 Å². The molecule has 3 rings (SSSR count). The second kappa shape index (κ2) is 5.51. The van der Waals surface area contributed by atoms with E-state index in [-0.39, 0.29) is 22.6 Å². The van der Waals surface area contributed by atoms with Gasteiger partial charge >= 0.3 is 0 Å². The summed E-state index contributed by atoms with van der Waals surface area (Å²) in [6.45, 7) is 0. The van der Waals surface area contributed by atoms with Crippen LogP contribution in [-0.4, -0.2) is 32.2 Å². The number of sulfonamides is 1. The number of nitrogens with zero attached hydrogens (tertiary/aromatic N) is 1. The summed E-state index contributed by atoms with van der Waals surface area (Å²) in [6.07, 6.45) is 0. The van der Waals surface area contributed by atoms with Crippen LogP contribution in [0.4, 0.5) is 5.69 Å². The lowest BCUT2D eigenvalue weighted by molar-refractivity contribution is 0.0693. The highest BCUT2D eigenvalue weighted by Gasteiger charge is 2.35. The average Bonchev–Trinajstić information content (AvgIpc) is 2.73. The number of amides is 2. The molecule has 2 aromatic carbocycles. The fourth-order valence-corrected chi connectivity index (χ4v) is 3.69. The number of nitrogens with one attached hydrogen (secondary N) is 1. The zero-order valence-corrected chi connectivity index (χ0v) is 13.1. The second-order valence-corrected chi connectivity index (χ2v) is 6.97. The van der Waals surface area contributed by atoms with E-state index < -0.39 is 21.8 Å². The van der Waals surface area contributed by atoms with E-state index in [0.717, 1.165) is 4.90 Å². The SMILES string of the molecule is CN1C(=O)c2cccc(NS(=O)(=O)Cc3ccccc3)c2C1=O. The van der Waals surface area contributed by atoms with Gasteiger partial charge < -0.3 is 0 Å². The largest absolute Gasteiger partial charge is 0.282 e. The van der Waals surface area contributed by atoms with Crippen molar-refractivity contribution in [3.8, 4) is 0 Å². The maximum Gasteiger partial charge on any atom is 0.263 e. The van der Waals surface area contributed by atoms with Crippen LogP contribution in [0.3, 0.4) is 0 Å². The van der Waals surface area contributed by atoms with Crippen LogP contribution in [0, 0.1) is 0 Å². The minimum Gasteiger partial charge on any atom is -0.282 e. The minimum absolute atomic E-state index is 0.0941. The fourth-order valence-electron chi connectivity index (χ4n) is 2.48. The van der Waals surface area contributed by atoms with E-state index in [4.69, 9.17) is 0 Å². The number of fused-ring (bicyclic) bond motifs is 1. The maximum absolute atomic E-state index is 12.3. The molecule has 118 valence electrons. The first kappa shape index (κ1) is 15.2. The Morgan fingerprint density at radius 1 is 0.957 bits per heavy atom. The van der Waals surface area contributed by atoms with Crippen LogP contribution >= 0.6 is 0 Å². The quantitative estimate of drug-likeness (QED) is 0.867. The summed E-state index contributed by atoms with van der Waals surface area (Å²) in [6, 6.07) is 13.2. The van der Waals surface area contributed by atoms with Crippen LogP contribution in [0.15, 0.2) is 48.5 Å². The van der Waals surface area contributed by atoms with Crippen molar-refractivity contribution in [3.05, 3.63) is 65.2 Å². The summed E-state index contributed by atoms with van der Waals surface area (Å²) in [5.74, 6) is -1.16. The van der Waals surface area contributed by atoms with Crippen LogP contribution < -0.4 is 4.72 Å². The van der Waals surface area contributed by atoms with Gasteiger partial charge in [0, 0.05) is 7.05 Å². The number of hydrogen-bond donors (Lipinski definition) is 1. The van der Waals surface area contributed by atoms with Gasteiger partial charge in [-0.2, -0.15) is 0 Å². The number of imide groups is 1. The molecule has 6 nitrogen and oxygen atoms in total. The van der Waals surface area contributed by atoms with Crippen molar-refractivity contribution in [2.45, 2.75) is 5.75 Å². The van der Waals surface area contributed by atoms with Gasteiger partial charge in [0.1, 0.15) is 0 Å². The molecule has 0 saturated carbocycles. The smallest absolute Gasteiger partial charge is 0.263 e. The molecule has 1 aliphatic heterocycles. The zero-order valence-electron chi connectivity index (χ0n) is 12.3. The lowest BCUT2D eigenvalue weighted by Gasteiger charge is -2.11. The summed E-state index contributed by atoms with van der Waals surface area (Å²) in [5, 5.41) is 0. The summed E-state index contributed by atoms with van der Waals surface area (Å²) >= 11 is 0. The number of anilines is 1. The third kappa shape index (κ3) is 2.83. The molecule has 0 saturated heterocycles. The molecule has 1 heterocycles. The van der Waals surface area contributed by atoms with Gasteiger partial charge in [-0.05, 0) is 17.7 Å². The topological polar surface area (TPSA) is 83.6 Å². The first-order chi connectivity index (χ1) is 10.9. The summed E-state index contributed by atoms with van der Waals surface area (Å²) < 4.78 is 27.0. The van der Waals surface area contributed by atoms with E-state index in [9.17, 15) is 18.0 Å². The Bertz CT molecular complexity index is 892. The third-order valence-corrected chi connectivity index (χ3v) is 4.83. The molecule has 0 fully saturated rings. The number of hydrogen-bond acceptors (Lipinski definition) is 4. The molecule has 0 radical (unpaired) electrons. The predicted octanol–water partition coefficient (Wildman–Crippen LogP) is 1.85. The first-order valence-corrected chi connectivity index (χ1v) is 8.54. The van der Waals surface area contributed by atoms with Crippen LogP contribution in [0.5, 0.6) is 0 Å². The van der Waals surface area contributed by atoms with E-state index in [1.165, 1.54) is 19.2 Å². The Kier molecular flexibility index (Phi) is 3.65. The molecule has 0 aliphatic carbocycles. The van der Waals surface area contributed by atoms with Crippen molar-refractivity contribution in [2.75, 3.05) is 11.8 Å². The minimum atomic E-state index is -3.70. The molecule has 1 N–H and O–H groups in total. The molecule has 0 atom stereocenters. The van der Waals surface area contributed by atoms with Gasteiger partial charge in [0.25, 0.3) is 11.8 Å². The third-order valence-electron chi connectivity index (χ3n) is 3.58. The number of rotatable bonds is 4. The Labute approximate surface area is 133 Å². The van der Waals surface area contributed by atoms with E-state index in [0.29, 0.717) is 5.56 Å². The first-order valence-electron chi connectivity index (χ1n) is 6.89. The predicted molar refractivity (Wildman–Crippen MR) is 85.6 cm³/mol. The molecular formula is C16H14N2O4S. The molecule has 0 unspecified atom stereocenters. The van der Waals surface area contributed by atoms with Crippen molar-refractivity contribution in [2.24, 2.45) is 0 Å². The molecule has 23 heavy (non-hydrogen) atoms. The molecule has 2 amide bonds. The molecule has 0 spiro atoms. The highest BCUT2D eigenvalue weighted by molar-refractivity contribution is 7.91. The van der Waals surface area contributed by atoms with Gasteiger partial charge in [0.15, 0.2) is 0 Å². The summed E-state index contributed by atoms with van der Waals surface area (Å²) in [5.41, 5.74) is 1.06. The monoisotopic (exact) mass is 330 g/mol. The van der Waals surface area contributed by atoms with Gasteiger partial charge in [0.05, 0.1) is 22.6 Å². The summed E-state index contributed by atoms with van der Waals surface area (Å²) in [7, 11) is -2.33. The van der Waals surface area contributed by atoms with Crippen molar-refractivity contribution in [3.63, 3.8) is 0 Å². The average molecular weight is 330 g/mol. The van der Waals surface area contributed by atoms with E-state index in [1.54, 1.807) is 36.4 Å². The van der Waals surface area contributed by atoms with Crippen molar-refractivity contribution < 1.29 is 18.0 Å². The molecule has 1 aliphatic rings. The number of carbonyl (C=O) groups is 2. The maximum atomic E-state index is 12.3. The molecule has 7 heteroatoms. The number of carbonyl (C=O) groups excluding carboxylic acids is 2. The number of benzene rings is 2. The normalized spacial score (nSPS) is 14.0. The van der Waals surface area contributed by atoms with E-state index in [2.05, 4.69) is 4.72 Å². The molecule has 0 bridgehead atoms. The van der Waals surface area contributed by atoms with Gasteiger partial charge in [-0.1, -0.05) is 36.4 Å². The zero-order chi connectivity index (χ0) is 16.6. The Morgan fingerprint density at radius 2 is 1.65 bits per heavy atom. The van der Waals surface area contributed by atoms with Crippen molar-refractivity contribution in [1.29, 1.82) is 0 Å². The van der Waals surface area contributed by atoms with Gasteiger partial charge in [-0.15, -0.1) is 0 Å². The van der Waals surface area contributed by atoms with Crippen LogP contribution in [0.2, 0.25) is 0 Å². The van der Waals surface area contributed by atoms with Crippen LogP contribution in [0.25, 0.3) is 0 Å². The van der Waals surface area contributed by atoms with Gasteiger partial charge in [-0.3, -0.25) is 19.2 Å². The van der Waals surface area contributed by atoms with Crippen molar-refractivity contribution >= 4 is 27.5 Å². The lowest BCUT2D eigenvalue weighted by Crippen LogP contribution is -2.24. The van der Waals surface area contributed by atoms with Crippen LogP contribution in [0.1, 0.15) is 26.3 Å².